The van der Waals surface area contributed by atoms with Crippen molar-refractivity contribution < 1.29 is 14.7 Å². The molecule has 22 heavy (non-hydrogen) atoms. The molecule has 2 heterocycles. The van der Waals surface area contributed by atoms with E-state index in [4.69, 9.17) is 5.11 Å². The van der Waals surface area contributed by atoms with E-state index in [1.165, 1.54) is 4.90 Å². The SMILES string of the molecule is O=C(O)[C@H]1CCCN1C(=O)CCc1nc2cc(Br)ccc2s1. The van der Waals surface area contributed by atoms with Crippen LogP contribution in [0.5, 0.6) is 0 Å². The average Bonchev–Trinajstić information content (AvgIpc) is 3.10. The number of hydrogen-bond acceptors (Lipinski definition) is 4. The van der Waals surface area contributed by atoms with Crippen molar-refractivity contribution in [2.45, 2.75) is 31.7 Å². The second-order valence-electron chi connectivity index (χ2n) is 5.30. The number of carbonyl (C=O) groups excluding carboxylic acids is 1. The van der Waals surface area contributed by atoms with E-state index in [9.17, 15) is 9.59 Å². The summed E-state index contributed by atoms with van der Waals surface area (Å²) in [6, 6.07) is 5.28. The maximum Gasteiger partial charge on any atom is 0.326 e. The van der Waals surface area contributed by atoms with Crippen LogP contribution in [0.15, 0.2) is 22.7 Å². The average molecular weight is 383 g/mol. The predicted octanol–water partition coefficient (Wildman–Crippen LogP) is 3.07. The van der Waals surface area contributed by atoms with Crippen LogP contribution in [0.4, 0.5) is 0 Å². The van der Waals surface area contributed by atoms with Crippen molar-refractivity contribution >= 4 is 49.4 Å². The van der Waals surface area contributed by atoms with Crippen molar-refractivity contribution in [1.82, 2.24) is 9.88 Å². The molecule has 116 valence electrons. The summed E-state index contributed by atoms with van der Waals surface area (Å²) in [5.41, 5.74) is 0.923. The quantitative estimate of drug-likeness (QED) is 0.881. The van der Waals surface area contributed by atoms with Crippen LogP contribution < -0.4 is 0 Å². The zero-order valence-electron chi connectivity index (χ0n) is 11.8. The first-order valence-corrected chi connectivity index (χ1v) is 8.73. The lowest BCUT2D eigenvalue weighted by atomic mass is 10.2. The molecule has 0 aliphatic carbocycles. The van der Waals surface area contributed by atoms with Crippen LogP contribution in [-0.2, 0) is 16.0 Å². The highest BCUT2D eigenvalue weighted by atomic mass is 79.9. The van der Waals surface area contributed by atoms with E-state index < -0.39 is 12.0 Å². The van der Waals surface area contributed by atoms with Gasteiger partial charge in [-0.2, -0.15) is 0 Å². The van der Waals surface area contributed by atoms with E-state index in [-0.39, 0.29) is 5.91 Å². The van der Waals surface area contributed by atoms with E-state index in [0.717, 1.165) is 26.1 Å². The predicted molar refractivity (Wildman–Crippen MR) is 88.0 cm³/mol. The van der Waals surface area contributed by atoms with Gasteiger partial charge in [0, 0.05) is 23.9 Å². The maximum absolute atomic E-state index is 12.2. The van der Waals surface area contributed by atoms with Gasteiger partial charge in [-0.1, -0.05) is 15.9 Å². The van der Waals surface area contributed by atoms with E-state index in [2.05, 4.69) is 20.9 Å². The van der Waals surface area contributed by atoms with Crippen molar-refractivity contribution in [1.29, 1.82) is 0 Å². The van der Waals surface area contributed by atoms with Gasteiger partial charge in [0.15, 0.2) is 0 Å². The Balaban J connectivity index is 1.66. The molecule has 0 unspecified atom stereocenters. The Morgan fingerprint density at radius 3 is 3.05 bits per heavy atom. The summed E-state index contributed by atoms with van der Waals surface area (Å²) >= 11 is 5.00. The van der Waals surface area contributed by atoms with Crippen molar-refractivity contribution in [3.8, 4) is 0 Å². The Kier molecular flexibility index (Phi) is 4.44. The maximum atomic E-state index is 12.2. The Hall–Kier alpha value is -1.47. The zero-order chi connectivity index (χ0) is 15.7. The summed E-state index contributed by atoms with van der Waals surface area (Å²) in [4.78, 5) is 29.4. The number of benzene rings is 1. The number of aliphatic carboxylic acids is 1. The summed E-state index contributed by atoms with van der Waals surface area (Å²) in [5.74, 6) is -0.999. The number of amides is 1. The number of nitrogens with zero attached hydrogens (tertiary/aromatic N) is 2. The molecule has 1 saturated heterocycles. The number of halogens is 1. The summed E-state index contributed by atoms with van der Waals surface area (Å²) < 4.78 is 2.07. The molecular formula is C15H15BrN2O3S. The third kappa shape index (κ3) is 3.15. The van der Waals surface area contributed by atoms with Gasteiger partial charge in [0.1, 0.15) is 6.04 Å². The summed E-state index contributed by atoms with van der Waals surface area (Å²) in [5, 5.41) is 10.0. The lowest BCUT2D eigenvalue weighted by Gasteiger charge is -2.21. The fraction of sp³-hybridized carbons (Fsp3) is 0.400. The summed E-state index contributed by atoms with van der Waals surface area (Å²) in [6.07, 6.45) is 2.18. The molecule has 0 spiro atoms. The smallest absolute Gasteiger partial charge is 0.326 e. The van der Waals surface area contributed by atoms with Gasteiger partial charge < -0.3 is 10.0 Å². The minimum Gasteiger partial charge on any atom is -0.480 e. The number of carboxylic acids is 1. The van der Waals surface area contributed by atoms with E-state index in [0.29, 0.717) is 25.8 Å². The molecular weight excluding hydrogens is 368 g/mol. The Labute approximate surface area is 140 Å². The molecule has 0 saturated carbocycles. The number of thiazole rings is 1. The van der Waals surface area contributed by atoms with E-state index in [1.54, 1.807) is 11.3 Å². The molecule has 5 nitrogen and oxygen atoms in total. The number of likely N-dealkylation sites (tertiary alicyclic amines) is 1. The fourth-order valence-electron chi connectivity index (χ4n) is 2.73. The fourth-order valence-corrected chi connectivity index (χ4v) is 4.03. The van der Waals surface area contributed by atoms with Crippen molar-refractivity contribution in [3.05, 3.63) is 27.7 Å². The molecule has 3 rings (SSSR count). The molecule has 1 amide bonds. The van der Waals surface area contributed by atoms with Gasteiger partial charge in [0.2, 0.25) is 5.91 Å². The van der Waals surface area contributed by atoms with E-state index >= 15 is 0 Å². The molecule has 7 heteroatoms. The molecule has 1 atom stereocenters. The second kappa shape index (κ2) is 6.34. The standard InChI is InChI=1S/C15H15BrN2O3S/c16-9-3-4-12-10(8-9)17-13(22-12)5-6-14(19)18-7-1-2-11(18)15(20)21/h3-4,8,11H,1-2,5-7H2,(H,20,21)/t11-/m1/s1. The Bertz CT molecular complexity index is 731. The van der Waals surface area contributed by atoms with Crippen molar-refractivity contribution in [2.24, 2.45) is 0 Å². The molecule has 0 bridgehead atoms. The largest absolute Gasteiger partial charge is 0.480 e. The van der Waals surface area contributed by atoms with Gasteiger partial charge in [-0.3, -0.25) is 4.79 Å². The minimum absolute atomic E-state index is 0.0923. The molecule has 1 aliphatic heterocycles. The van der Waals surface area contributed by atoms with Gasteiger partial charge in [0.05, 0.1) is 15.2 Å². The third-order valence-electron chi connectivity index (χ3n) is 3.80. The lowest BCUT2D eigenvalue weighted by Crippen LogP contribution is -2.40. The molecule has 1 aromatic carbocycles. The van der Waals surface area contributed by atoms with Crippen LogP contribution in [0, 0.1) is 0 Å². The van der Waals surface area contributed by atoms with Gasteiger partial charge in [-0.05, 0) is 31.0 Å². The highest BCUT2D eigenvalue weighted by Gasteiger charge is 2.33. The highest BCUT2D eigenvalue weighted by molar-refractivity contribution is 9.10. The second-order valence-corrected chi connectivity index (χ2v) is 7.33. The molecule has 0 radical (unpaired) electrons. The summed E-state index contributed by atoms with van der Waals surface area (Å²) in [7, 11) is 0. The number of carbonyl (C=O) groups is 2. The van der Waals surface area contributed by atoms with Crippen LogP contribution >= 0.6 is 27.3 Å². The monoisotopic (exact) mass is 382 g/mol. The molecule has 2 aromatic rings. The molecule has 1 aliphatic rings. The zero-order valence-corrected chi connectivity index (χ0v) is 14.2. The first kappa shape index (κ1) is 15.4. The minimum atomic E-state index is -0.907. The third-order valence-corrected chi connectivity index (χ3v) is 5.39. The number of aromatic nitrogens is 1. The van der Waals surface area contributed by atoms with Crippen LogP contribution in [-0.4, -0.2) is 39.5 Å². The van der Waals surface area contributed by atoms with E-state index in [1.807, 2.05) is 18.2 Å². The van der Waals surface area contributed by atoms with Crippen LogP contribution in [0.25, 0.3) is 10.2 Å². The number of fused-ring (bicyclic) bond motifs is 1. The number of rotatable bonds is 4. The number of aryl methyl sites for hydroxylation is 1. The van der Waals surface area contributed by atoms with Crippen LogP contribution in [0.2, 0.25) is 0 Å². The lowest BCUT2D eigenvalue weighted by molar-refractivity contribution is -0.148. The number of carboxylic acid groups (broad SMARTS) is 1. The highest BCUT2D eigenvalue weighted by Crippen LogP contribution is 2.26. The van der Waals surface area contributed by atoms with Crippen molar-refractivity contribution in [2.75, 3.05) is 6.54 Å². The van der Waals surface area contributed by atoms with Gasteiger partial charge in [0.25, 0.3) is 0 Å². The van der Waals surface area contributed by atoms with Crippen LogP contribution in [0.3, 0.4) is 0 Å². The van der Waals surface area contributed by atoms with Gasteiger partial charge >= 0.3 is 5.97 Å². The normalized spacial score (nSPS) is 18.0. The van der Waals surface area contributed by atoms with Crippen LogP contribution in [0.1, 0.15) is 24.3 Å². The molecule has 1 fully saturated rings. The van der Waals surface area contributed by atoms with Crippen molar-refractivity contribution in [3.63, 3.8) is 0 Å². The van der Waals surface area contributed by atoms with Gasteiger partial charge in [-0.15, -0.1) is 11.3 Å². The first-order valence-electron chi connectivity index (χ1n) is 7.12. The topological polar surface area (TPSA) is 70.5 Å². The molecule has 1 N–H and O–H groups in total. The summed E-state index contributed by atoms with van der Waals surface area (Å²) in [6.45, 7) is 0.544. The first-order chi connectivity index (χ1) is 10.5. The Morgan fingerprint density at radius 1 is 1.45 bits per heavy atom. The Morgan fingerprint density at radius 2 is 2.27 bits per heavy atom. The number of hydrogen-bond donors (Lipinski definition) is 1. The molecule has 1 aromatic heterocycles. The van der Waals surface area contributed by atoms with Gasteiger partial charge in [-0.25, -0.2) is 9.78 Å².